The lowest BCUT2D eigenvalue weighted by Crippen LogP contribution is -2.35. The molecule has 5 rings (SSSR count). The van der Waals surface area contributed by atoms with Crippen LogP contribution in [0.25, 0.3) is 6.08 Å². The van der Waals surface area contributed by atoms with E-state index in [0.717, 1.165) is 12.2 Å². The molecule has 0 radical (unpaired) electrons. The molecule has 0 fully saturated rings. The largest absolute Gasteiger partial charge is 0.494 e. The molecule has 9 nitrogen and oxygen atoms in total. The number of carbonyl (C=O) groups is 1. The van der Waals surface area contributed by atoms with Gasteiger partial charge in [-0.05, 0) is 72.3 Å². The monoisotopic (exact) mass is 666 g/mol. The number of hydrogen-bond acceptors (Lipinski definition) is 8. The van der Waals surface area contributed by atoms with Crippen LogP contribution >= 0.6 is 35.0 Å². The van der Waals surface area contributed by atoms with E-state index in [1.165, 1.54) is 49.2 Å². The van der Waals surface area contributed by atoms with Crippen LogP contribution in [0.5, 0.6) is 23.0 Å². The number of ether oxygens (including phenoxy) is 4. The maximum absolute atomic E-state index is 12.9. The van der Waals surface area contributed by atoms with Crippen molar-refractivity contribution in [3.8, 4) is 23.0 Å². The zero-order valence-corrected chi connectivity index (χ0v) is 27.2. The Morgan fingerprint density at radius 3 is 2.33 bits per heavy atom. The van der Waals surface area contributed by atoms with Crippen molar-refractivity contribution < 1.29 is 23.7 Å². The molecule has 234 valence electrons. The van der Waals surface area contributed by atoms with E-state index in [1.807, 2.05) is 42.5 Å². The van der Waals surface area contributed by atoms with Crippen LogP contribution in [0.2, 0.25) is 10.0 Å². The van der Waals surface area contributed by atoms with Crippen molar-refractivity contribution >= 4 is 63.0 Å². The predicted octanol–water partition coefficient (Wildman–Crippen LogP) is 8.09. The van der Waals surface area contributed by atoms with Gasteiger partial charge >= 0.3 is 0 Å². The average molecular weight is 668 g/mol. The van der Waals surface area contributed by atoms with Crippen molar-refractivity contribution in [2.75, 3.05) is 26.9 Å². The number of amidine groups is 2. The second kappa shape index (κ2) is 15.3. The van der Waals surface area contributed by atoms with E-state index in [0.29, 0.717) is 50.2 Å². The summed E-state index contributed by atoms with van der Waals surface area (Å²) in [4.78, 5) is 17.1. The van der Waals surface area contributed by atoms with Gasteiger partial charge in [0, 0.05) is 5.56 Å². The first-order chi connectivity index (χ1) is 21.9. The molecule has 2 heterocycles. The number of benzene rings is 3. The second-order valence-electron chi connectivity index (χ2n) is 10.0. The Bertz CT molecular complexity index is 1660. The molecule has 12 heteroatoms. The van der Waals surface area contributed by atoms with Crippen LogP contribution in [0, 0.1) is 5.41 Å². The number of amides is 1. The van der Waals surface area contributed by atoms with Crippen LogP contribution in [0.15, 0.2) is 76.3 Å². The molecule has 0 bridgehead atoms. The fourth-order valence-corrected chi connectivity index (χ4v) is 6.01. The minimum absolute atomic E-state index is 0.0524. The molecule has 45 heavy (non-hydrogen) atoms. The minimum atomic E-state index is -0.562. The Morgan fingerprint density at radius 1 is 0.911 bits per heavy atom. The van der Waals surface area contributed by atoms with Gasteiger partial charge in [-0.1, -0.05) is 67.6 Å². The van der Waals surface area contributed by atoms with Crippen molar-refractivity contribution in [2.24, 2.45) is 10.1 Å². The Hall–Kier alpha value is -3.99. The third-order valence-electron chi connectivity index (χ3n) is 6.81. The molecule has 0 unspecified atom stereocenters. The predicted molar refractivity (Wildman–Crippen MR) is 181 cm³/mol. The van der Waals surface area contributed by atoms with Crippen LogP contribution in [-0.2, 0) is 4.79 Å². The highest BCUT2D eigenvalue weighted by molar-refractivity contribution is 8.27. The lowest BCUT2D eigenvalue weighted by atomic mass is 10.1. The van der Waals surface area contributed by atoms with Crippen LogP contribution in [0.4, 0.5) is 0 Å². The Morgan fingerprint density at radius 2 is 1.62 bits per heavy atom. The Balaban J connectivity index is 1.20. The van der Waals surface area contributed by atoms with Crippen molar-refractivity contribution in [2.45, 2.75) is 32.6 Å². The number of nitrogens with one attached hydrogen (secondary N) is 1. The number of fused-ring (bicyclic) bond motifs is 1. The molecule has 1 amide bonds. The highest BCUT2D eigenvalue weighted by atomic mass is 35.5. The molecule has 3 aromatic rings. The smallest absolute Gasteiger partial charge is 0.283 e. The first kappa shape index (κ1) is 32.4. The molecular weight excluding hydrogens is 635 g/mol. The number of rotatable bonds is 14. The van der Waals surface area contributed by atoms with Gasteiger partial charge in [0.2, 0.25) is 5.17 Å². The number of methoxy groups -OCH3 is 1. The van der Waals surface area contributed by atoms with E-state index in [1.54, 1.807) is 18.2 Å². The molecule has 0 saturated carbocycles. The van der Waals surface area contributed by atoms with E-state index in [4.69, 9.17) is 47.6 Å². The number of nitrogens with zero attached hydrogens (tertiary/aromatic N) is 3. The summed E-state index contributed by atoms with van der Waals surface area (Å²) in [7, 11) is 1.50. The van der Waals surface area contributed by atoms with E-state index in [2.05, 4.69) is 17.0 Å². The van der Waals surface area contributed by atoms with Gasteiger partial charge in [-0.3, -0.25) is 10.2 Å². The molecule has 0 spiro atoms. The van der Waals surface area contributed by atoms with Gasteiger partial charge in [0.15, 0.2) is 17.3 Å². The molecule has 0 saturated heterocycles. The summed E-state index contributed by atoms with van der Waals surface area (Å²) in [6.45, 7) is 3.38. The highest BCUT2D eigenvalue weighted by Gasteiger charge is 2.36. The summed E-state index contributed by atoms with van der Waals surface area (Å²) in [5.74, 6) is 1.54. The Kier molecular flexibility index (Phi) is 11.0. The maximum Gasteiger partial charge on any atom is 0.283 e. The van der Waals surface area contributed by atoms with E-state index >= 15 is 0 Å². The van der Waals surface area contributed by atoms with Crippen LogP contribution in [0.3, 0.4) is 0 Å². The molecule has 3 aromatic carbocycles. The molecular formula is C33H32Cl2N4O5S. The van der Waals surface area contributed by atoms with E-state index in [9.17, 15) is 4.79 Å². The lowest BCUT2D eigenvalue weighted by molar-refractivity contribution is -0.114. The summed E-state index contributed by atoms with van der Waals surface area (Å²) in [6.07, 6.45) is 6.17. The molecule has 2 aliphatic rings. The lowest BCUT2D eigenvalue weighted by Gasteiger charge is -2.20. The number of aliphatic imine (C=N–C) groups is 1. The molecule has 0 atom stereocenters. The summed E-state index contributed by atoms with van der Waals surface area (Å²) < 4.78 is 23.0. The second-order valence-corrected chi connectivity index (χ2v) is 11.8. The van der Waals surface area contributed by atoms with Gasteiger partial charge in [0.25, 0.3) is 5.91 Å². The molecule has 0 aliphatic carbocycles. The third kappa shape index (κ3) is 8.00. The fraction of sp³-hybridized carbons (Fsp3) is 0.273. The van der Waals surface area contributed by atoms with Crippen molar-refractivity contribution in [3.63, 3.8) is 0 Å². The summed E-state index contributed by atoms with van der Waals surface area (Å²) in [6, 6.07) is 18.0. The zero-order valence-electron chi connectivity index (χ0n) is 24.8. The Labute approximate surface area is 276 Å². The van der Waals surface area contributed by atoms with Crippen LogP contribution in [-0.4, -0.2) is 53.9 Å². The van der Waals surface area contributed by atoms with Gasteiger partial charge in [0.05, 0.1) is 29.3 Å². The number of halogens is 2. The summed E-state index contributed by atoms with van der Waals surface area (Å²) in [5.41, 5.74) is 1.28. The first-order valence-electron chi connectivity index (χ1n) is 14.5. The number of unbranched alkanes of at least 4 members (excludes halogenated alkanes) is 3. The van der Waals surface area contributed by atoms with Gasteiger partial charge in [-0.15, -0.1) is 0 Å². The normalized spacial score (nSPS) is 15.1. The van der Waals surface area contributed by atoms with Crippen molar-refractivity contribution in [3.05, 3.63) is 87.4 Å². The highest BCUT2D eigenvalue weighted by Crippen LogP contribution is 2.38. The van der Waals surface area contributed by atoms with Gasteiger partial charge in [-0.2, -0.15) is 15.1 Å². The third-order valence-corrected chi connectivity index (χ3v) is 8.36. The average Bonchev–Trinajstić information content (AvgIpc) is 3.46. The number of hydrazone groups is 1. The molecule has 0 aromatic heterocycles. The van der Waals surface area contributed by atoms with Gasteiger partial charge in [-0.25, -0.2) is 0 Å². The molecule has 1 N–H and O–H groups in total. The van der Waals surface area contributed by atoms with E-state index in [-0.39, 0.29) is 29.6 Å². The van der Waals surface area contributed by atoms with Gasteiger partial charge < -0.3 is 18.9 Å². The fourth-order valence-electron chi connectivity index (χ4n) is 4.52. The SMILES string of the molecule is CCCCCCOc1ccc(OCCOc2c(Cl)cc(/C=C3/C(=N)N4N=C(c5ccccc5Cl)SC4=NC3=O)cc2OC)cc1. The van der Waals surface area contributed by atoms with Crippen LogP contribution in [0.1, 0.15) is 43.7 Å². The number of hydrogen-bond donors (Lipinski definition) is 1. The van der Waals surface area contributed by atoms with E-state index < -0.39 is 5.91 Å². The minimum Gasteiger partial charge on any atom is -0.494 e. The maximum atomic E-state index is 12.9. The summed E-state index contributed by atoms with van der Waals surface area (Å²) in [5, 5.41) is 16.1. The first-order valence-corrected chi connectivity index (χ1v) is 16.1. The quantitative estimate of drug-likeness (QED) is 0.137. The van der Waals surface area contributed by atoms with Crippen molar-refractivity contribution in [1.29, 1.82) is 5.41 Å². The molecule has 2 aliphatic heterocycles. The number of thioether (sulfide) groups is 1. The van der Waals surface area contributed by atoms with Crippen LogP contribution < -0.4 is 18.9 Å². The summed E-state index contributed by atoms with van der Waals surface area (Å²) >= 11 is 14.1. The number of carbonyl (C=O) groups excluding carboxylic acids is 1. The van der Waals surface area contributed by atoms with Crippen molar-refractivity contribution in [1.82, 2.24) is 5.01 Å². The zero-order chi connectivity index (χ0) is 31.8. The standard InChI is InChI=1S/C33H32Cl2N4O5S/c1-3-4-5-8-15-42-22-11-13-23(14-12-22)43-16-17-44-29-27(35)19-21(20-28(29)41-2)18-25-30(36)39-33(37-31(25)40)45-32(38-39)24-9-6-7-10-26(24)34/h6-7,9-14,18-20,36H,3-5,8,15-17H2,1-2H3/b25-18-,36-30?. The topological polar surface area (TPSA) is 106 Å². The van der Waals surface area contributed by atoms with Gasteiger partial charge in [0.1, 0.15) is 29.8 Å².